The van der Waals surface area contributed by atoms with Crippen molar-refractivity contribution in [3.05, 3.63) is 160 Å². The van der Waals surface area contributed by atoms with E-state index in [0.717, 1.165) is 11.5 Å². The monoisotopic (exact) mass is 726 g/mol. The molecule has 1 atom stereocenters. The van der Waals surface area contributed by atoms with E-state index in [1.807, 2.05) is 30.3 Å². The van der Waals surface area contributed by atoms with E-state index in [2.05, 4.69) is 139 Å². The van der Waals surface area contributed by atoms with Gasteiger partial charge in [-0.05, 0) is 142 Å². The molecule has 49 heavy (non-hydrogen) atoms. The number of ether oxygens (including phenoxy) is 2. The first-order valence-corrected chi connectivity index (χ1v) is 19.3. The van der Waals surface area contributed by atoms with Crippen LogP contribution in [0.5, 0.6) is 11.5 Å². The number of rotatable bonds is 9. The molecule has 0 fully saturated rings. The van der Waals surface area contributed by atoms with Gasteiger partial charge >= 0.3 is 17.1 Å². The van der Waals surface area contributed by atoms with Crippen molar-refractivity contribution in [2.24, 2.45) is 0 Å². The zero-order chi connectivity index (χ0) is 34.4. The van der Waals surface area contributed by atoms with Crippen LogP contribution < -0.4 is 36.0 Å². The summed E-state index contributed by atoms with van der Waals surface area (Å²) in [6.45, 7) is 15.6. The summed E-state index contributed by atoms with van der Waals surface area (Å²) in [5.41, 5.74) is 9.20. The SMILES string of the molecule is COc1c(C)cc(P(c2cc(C)c(OC)c(C)c2)c2[cH-]ccc2[C@H](C)P(c2ccccc2C)c2ccccc2C)cc1C.[Fe+2].c1cc[cH-]c1. The number of methoxy groups -OCH3 is 2. The summed E-state index contributed by atoms with van der Waals surface area (Å²) in [6, 6.07) is 44.4. The molecule has 2 nitrogen and oxygen atoms in total. The third-order valence-corrected chi connectivity index (χ3v) is 14.6. The second kappa shape index (κ2) is 17.5. The quantitative estimate of drug-likeness (QED) is 0.0840. The van der Waals surface area contributed by atoms with E-state index in [9.17, 15) is 0 Å². The summed E-state index contributed by atoms with van der Waals surface area (Å²) in [7, 11) is 2.04. The summed E-state index contributed by atoms with van der Waals surface area (Å²) < 4.78 is 11.6. The standard InChI is InChI=1S/C39H43O2P2.C5H5.Fe/c1-25-15-10-12-18-35(25)42(36-19-13-11-16-26(36)2)31(7)34-17-14-20-37(34)43(32-21-27(3)38(40-8)28(4)22-32)33-23-29(5)39(41-9)30(6)24-33;1-2-4-5-3-1;/h10-24,31H,1-9H3;1-5H;/q2*-1;+2/t31-;;/m0../s1. The Labute approximate surface area is 307 Å². The van der Waals surface area contributed by atoms with Gasteiger partial charge in [0.2, 0.25) is 0 Å². The predicted molar refractivity (Wildman–Crippen MR) is 212 cm³/mol. The molecule has 0 aliphatic rings. The van der Waals surface area contributed by atoms with Crippen molar-refractivity contribution in [1.29, 1.82) is 0 Å². The van der Waals surface area contributed by atoms with Gasteiger partial charge in [0.05, 0.1) is 14.2 Å². The fraction of sp³-hybridized carbons (Fsp3) is 0.227. The zero-order valence-corrected chi connectivity index (χ0v) is 33.1. The van der Waals surface area contributed by atoms with E-state index in [0.29, 0.717) is 5.66 Å². The molecule has 0 bridgehead atoms. The van der Waals surface area contributed by atoms with Gasteiger partial charge in [-0.1, -0.05) is 55.5 Å². The van der Waals surface area contributed by atoms with Crippen molar-refractivity contribution in [2.75, 3.05) is 14.2 Å². The minimum Gasteiger partial charge on any atom is -0.496 e. The molecule has 0 unspecified atom stereocenters. The van der Waals surface area contributed by atoms with Crippen LogP contribution in [0.3, 0.4) is 0 Å². The minimum atomic E-state index is -0.840. The number of hydrogen-bond donors (Lipinski definition) is 0. The number of benzene rings is 4. The fourth-order valence-corrected chi connectivity index (χ4v) is 12.8. The average Bonchev–Trinajstić information content (AvgIpc) is 3.79. The van der Waals surface area contributed by atoms with E-state index in [1.165, 1.54) is 65.5 Å². The molecule has 0 heterocycles. The third kappa shape index (κ3) is 8.48. The second-order valence-corrected chi connectivity index (χ2v) is 17.2. The summed E-state index contributed by atoms with van der Waals surface area (Å²) >= 11 is 0. The Balaban J connectivity index is 0.000000826. The Bertz CT molecular complexity index is 1790. The second-order valence-electron chi connectivity index (χ2n) is 12.5. The fourth-order valence-electron chi connectivity index (χ4n) is 6.84. The Morgan fingerprint density at radius 2 is 0.980 bits per heavy atom. The Kier molecular flexibility index (Phi) is 13.7. The normalized spacial score (nSPS) is 11.5. The summed E-state index contributed by atoms with van der Waals surface area (Å²) in [4.78, 5) is 0. The topological polar surface area (TPSA) is 18.5 Å². The van der Waals surface area contributed by atoms with E-state index in [1.54, 1.807) is 14.2 Å². The molecule has 0 aliphatic carbocycles. The predicted octanol–water partition coefficient (Wildman–Crippen LogP) is 9.63. The molecule has 0 saturated heterocycles. The Hall–Kier alpha value is -3.44. The van der Waals surface area contributed by atoms with Crippen LogP contribution in [0.2, 0.25) is 0 Å². The first kappa shape index (κ1) is 38.4. The van der Waals surface area contributed by atoms with Gasteiger partial charge in [-0.15, -0.1) is 5.30 Å². The van der Waals surface area contributed by atoms with Crippen LogP contribution in [-0.2, 0) is 17.1 Å². The third-order valence-electron chi connectivity index (χ3n) is 9.02. The summed E-state index contributed by atoms with van der Waals surface area (Å²) in [5, 5.41) is 7.06. The van der Waals surface area contributed by atoms with Gasteiger partial charge in [-0.2, -0.15) is 35.9 Å². The molecule has 0 N–H and O–H groups in total. The molecule has 5 heteroatoms. The molecule has 0 amide bonds. The molecule has 6 aromatic carbocycles. The van der Waals surface area contributed by atoms with Gasteiger partial charge in [0.15, 0.2) is 0 Å². The molecule has 0 radical (unpaired) electrons. The molecular formula is C44H48FeO2P2. The van der Waals surface area contributed by atoms with Gasteiger partial charge in [0.25, 0.3) is 0 Å². The number of hydrogen-bond acceptors (Lipinski definition) is 2. The van der Waals surface area contributed by atoms with Gasteiger partial charge in [-0.25, -0.2) is 18.2 Å². The largest absolute Gasteiger partial charge is 2.00 e. The average molecular weight is 727 g/mol. The van der Waals surface area contributed by atoms with Crippen LogP contribution in [0, 0.1) is 41.5 Å². The van der Waals surface area contributed by atoms with Gasteiger partial charge in [0, 0.05) is 0 Å². The van der Waals surface area contributed by atoms with Crippen LogP contribution in [0.25, 0.3) is 0 Å². The summed E-state index contributed by atoms with van der Waals surface area (Å²) in [5.74, 6) is 1.94. The van der Waals surface area contributed by atoms with E-state index in [-0.39, 0.29) is 17.1 Å². The number of aryl methyl sites for hydroxylation is 6. The molecule has 0 spiro atoms. The van der Waals surface area contributed by atoms with E-state index < -0.39 is 15.8 Å². The molecule has 0 aliphatic heterocycles. The van der Waals surface area contributed by atoms with E-state index >= 15 is 0 Å². The van der Waals surface area contributed by atoms with Crippen LogP contribution in [0.15, 0.2) is 121 Å². The molecule has 6 aromatic rings. The summed E-state index contributed by atoms with van der Waals surface area (Å²) in [6.07, 6.45) is 0. The van der Waals surface area contributed by atoms with Crippen LogP contribution in [0.4, 0.5) is 0 Å². The maximum absolute atomic E-state index is 5.78. The smallest absolute Gasteiger partial charge is 0.496 e. The molecule has 254 valence electrons. The van der Waals surface area contributed by atoms with Crippen molar-refractivity contribution < 1.29 is 26.5 Å². The molecule has 0 saturated carbocycles. The minimum absolute atomic E-state index is 0. The van der Waals surface area contributed by atoms with Gasteiger partial charge < -0.3 is 9.47 Å². The zero-order valence-electron chi connectivity index (χ0n) is 30.2. The molecule has 0 aromatic heterocycles. The van der Waals surface area contributed by atoms with Crippen molar-refractivity contribution in [2.45, 2.75) is 54.1 Å². The Morgan fingerprint density at radius 1 is 0.551 bits per heavy atom. The van der Waals surface area contributed by atoms with Crippen molar-refractivity contribution >= 4 is 42.4 Å². The maximum atomic E-state index is 5.78. The van der Waals surface area contributed by atoms with Crippen LogP contribution >= 0.6 is 15.8 Å². The molecular weight excluding hydrogens is 678 g/mol. The maximum Gasteiger partial charge on any atom is 2.00 e. The molecule has 6 rings (SSSR count). The first-order valence-electron chi connectivity index (χ1n) is 16.6. The van der Waals surface area contributed by atoms with Crippen molar-refractivity contribution in [3.8, 4) is 11.5 Å². The van der Waals surface area contributed by atoms with Gasteiger partial charge in [0.1, 0.15) is 11.5 Å². The first-order chi connectivity index (χ1) is 23.2. The van der Waals surface area contributed by atoms with Crippen molar-refractivity contribution in [3.63, 3.8) is 0 Å². The van der Waals surface area contributed by atoms with Crippen LogP contribution in [-0.4, -0.2) is 14.2 Å². The van der Waals surface area contributed by atoms with Gasteiger partial charge in [-0.3, -0.25) is 0 Å². The van der Waals surface area contributed by atoms with Crippen molar-refractivity contribution in [1.82, 2.24) is 0 Å². The van der Waals surface area contributed by atoms with E-state index in [4.69, 9.17) is 9.47 Å². The Morgan fingerprint density at radius 3 is 1.35 bits per heavy atom. The van der Waals surface area contributed by atoms with Crippen LogP contribution in [0.1, 0.15) is 51.5 Å².